The van der Waals surface area contributed by atoms with Crippen molar-refractivity contribution in [2.45, 2.75) is 32.1 Å². The molecule has 0 fully saturated rings. The van der Waals surface area contributed by atoms with Crippen molar-refractivity contribution >= 4 is 32.4 Å². The van der Waals surface area contributed by atoms with Crippen LogP contribution in [0, 0.1) is 6.92 Å². The zero-order chi connectivity index (χ0) is 26.5. The van der Waals surface area contributed by atoms with Crippen molar-refractivity contribution < 1.29 is 27.4 Å². The molecular formula is C25H31N3O6S2. The van der Waals surface area contributed by atoms with Crippen LogP contribution in [0.5, 0.6) is 17.2 Å². The predicted molar refractivity (Wildman–Crippen MR) is 141 cm³/mol. The highest BCUT2D eigenvalue weighted by atomic mass is 32.2. The van der Waals surface area contributed by atoms with Crippen LogP contribution >= 0.6 is 11.3 Å². The van der Waals surface area contributed by atoms with E-state index in [0.717, 1.165) is 10.4 Å². The molecule has 0 saturated carbocycles. The minimum Gasteiger partial charge on any atom is -0.495 e. The van der Waals surface area contributed by atoms with Crippen LogP contribution < -0.4 is 19.5 Å². The Morgan fingerprint density at radius 1 is 0.972 bits per heavy atom. The largest absolute Gasteiger partial charge is 0.495 e. The minimum absolute atomic E-state index is 0.0954. The summed E-state index contributed by atoms with van der Waals surface area (Å²) < 4.78 is 43.7. The van der Waals surface area contributed by atoms with Gasteiger partial charge in [0.15, 0.2) is 16.6 Å². The van der Waals surface area contributed by atoms with E-state index in [1.54, 1.807) is 64.5 Å². The topological polar surface area (TPSA) is 107 Å². The Labute approximate surface area is 216 Å². The van der Waals surface area contributed by atoms with Gasteiger partial charge in [0.25, 0.3) is 0 Å². The van der Waals surface area contributed by atoms with E-state index in [0.29, 0.717) is 41.0 Å². The fraction of sp³-hybridized carbons (Fsp3) is 0.360. The average Bonchev–Trinajstić information content (AvgIpc) is 3.23. The van der Waals surface area contributed by atoms with Gasteiger partial charge in [0.05, 0.1) is 38.3 Å². The molecule has 0 radical (unpaired) electrons. The highest BCUT2D eigenvalue weighted by molar-refractivity contribution is 7.89. The van der Waals surface area contributed by atoms with Gasteiger partial charge in [-0.2, -0.15) is 4.31 Å². The molecule has 0 aliphatic carbocycles. The summed E-state index contributed by atoms with van der Waals surface area (Å²) in [5, 5.41) is 3.26. The first-order valence-corrected chi connectivity index (χ1v) is 13.6. The zero-order valence-electron chi connectivity index (χ0n) is 21.2. The quantitative estimate of drug-likeness (QED) is 0.390. The van der Waals surface area contributed by atoms with Gasteiger partial charge in [0.2, 0.25) is 15.9 Å². The third-order valence-electron chi connectivity index (χ3n) is 5.60. The first-order valence-electron chi connectivity index (χ1n) is 11.3. The number of amides is 1. The number of anilines is 1. The molecule has 1 amide bonds. The van der Waals surface area contributed by atoms with Crippen molar-refractivity contribution in [3.8, 4) is 27.7 Å². The molecule has 11 heteroatoms. The van der Waals surface area contributed by atoms with Crippen LogP contribution in [0.25, 0.3) is 10.4 Å². The standard InChI is InChI=1S/C25H31N3O6S2/c1-7-28(8-2)36(30,31)22-15-18(10-12-20(22)33-5)24-16(3)26-25(35-24)27-23(29)14-17-9-11-19(32-4)21(13-17)34-6/h9-13,15H,7-8,14H2,1-6H3,(H,26,27,29). The fourth-order valence-electron chi connectivity index (χ4n) is 3.78. The lowest BCUT2D eigenvalue weighted by molar-refractivity contribution is -0.115. The molecule has 2 aromatic carbocycles. The van der Waals surface area contributed by atoms with E-state index in [1.165, 1.54) is 22.8 Å². The van der Waals surface area contributed by atoms with Gasteiger partial charge in [-0.25, -0.2) is 13.4 Å². The van der Waals surface area contributed by atoms with Crippen molar-refractivity contribution in [2.24, 2.45) is 0 Å². The lowest BCUT2D eigenvalue weighted by Crippen LogP contribution is -2.30. The van der Waals surface area contributed by atoms with Crippen LogP contribution in [0.1, 0.15) is 25.1 Å². The van der Waals surface area contributed by atoms with E-state index in [2.05, 4.69) is 10.3 Å². The van der Waals surface area contributed by atoms with E-state index >= 15 is 0 Å². The SMILES string of the molecule is CCN(CC)S(=O)(=O)c1cc(-c2sc(NC(=O)Cc3ccc(OC)c(OC)c3)nc2C)ccc1OC. The van der Waals surface area contributed by atoms with E-state index in [-0.39, 0.29) is 23.0 Å². The molecule has 1 heterocycles. The van der Waals surface area contributed by atoms with Gasteiger partial charge in [-0.3, -0.25) is 4.79 Å². The number of carbonyl (C=O) groups excluding carboxylic acids is 1. The molecule has 3 aromatic rings. The fourth-order valence-corrected chi connectivity index (χ4v) is 6.40. The summed E-state index contributed by atoms with van der Waals surface area (Å²) in [6.45, 7) is 6.10. The van der Waals surface area contributed by atoms with E-state index in [9.17, 15) is 13.2 Å². The van der Waals surface area contributed by atoms with Gasteiger partial charge in [-0.15, -0.1) is 0 Å². The summed E-state index contributed by atoms with van der Waals surface area (Å²) in [5.74, 6) is 1.17. The molecule has 9 nitrogen and oxygen atoms in total. The number of aryl methyl sites for hydroxylation is 1. The molecule has 0 unspecified atom stereocenters. The Morgan fingerprint density at radius 2 is 1.61 bits per heavy atom. The highest BCUT2D eigenvalue weighted by Gasteiger charge is 2.27. The average molecular weight is 534 g/mol. The summed E-state index contributed by atoms with van der Waals surface area (Å²) in [6, 6.07) is 10.3. The number of methoxy groups -OCH3 is 3. The number of hydrogen-bond acceptors (Lipinski definition) is 8. The van der Waals surface area contributed by atoms with Crippen LogP contribution in [0.2, 0.25) is 0 Å². The predicted octanol–water partition coefficient (Wildman–Crippen LogP) is 4.36. The third-order valence-corrected chi connectivity index (χ3v) is 8.80. The van der Waals surface area contributed by atoms with E-state index < -0.39 is 10.0 Å². The van der Waals surface area contributed by atoms with Gasteiger partial charge in [-0.05, 0) is 48.4 Å². The molecule has 194 valence electrons. The summed E-state index contributed by atoms with van der Waals surface area (Å²) in [4.78, 5) is 18.0. The summed E-state index contributed by atoms with van der Waals surface area (Å²) >= 11 is 1.28. The van der Waals surface area contributed by atoms with Crippen molar-refractivity contribution in [2.75, 3.05) is 39.7 Å². The highest BCUT2D eigenvalue weighted by Crippen LogP contribution is 2.37. The van der Waals surface area contributed by atoms with Crippen LogP contribution in [-0.4, -0.2) is 58.0 Å². The summed E-state index contributed by atoms with van der Waals surface area (Å²) in [5.41, 5.74) is 2.12. The molecule has 36 heavy (non-hydrogen) atoms. The normalized spacial score (nSPS) is 11.4. The third kappa shape index (κ3) is 5.80. The molecule has 0 atom stereocenters. The van der Waals surface area contributed by atoms with Crippen LogP contribution in [-0.2, 0) is 21.2 Å². The maximum Gasteiger partial charge on any atom is 0.246 e. The number of aromatic nitrogens is 1. The number of nitrogens with zero attached hydrogens (tertiary/aromatic N) is 2. The number of nitrogens with one attached hydrogen (secondary N) is 1. The number of hydrogen-bond donors (Lipinski definition) is 1. The van der Waals surface area contributed by atoms with Gasteiger partial charge in [0, 0.05) is 13.1 Å². The number of rotatable bonds is 11. The second-order valence-electron chi connectivity index (χ2n) is 7.80. The Kier molecular flexibility index (Phi) is 8.93. The Hall–Kier alpha value is -3.15. The number of benzene rings is 2. The first-order chi connectivity index (χ1) is 17.2. The minimum atomic E-state index is -3.74. The molecule has 1 aromatic heterocycles. The molecule has 0 aliphatic heterocycles. The Morgan fingerprint density at radius 3 is 2.22 bits per heavy atom. The molecule has 1 N–H and O–H groups in total. The number of ether oxygens (including phenoxy) is 3. The number of carbonyl (C=O) groups is 1. The zero-order valence-corrected chi connectivity index (χ0v) is 22.9. The summed E-state index contributed by atoms with van der Waals surface area (Å²) in [6.07, 6.45) is 0.128. The molecular weight excluding hydrogens is 502 g/mol. The lowest BCUT2D eigenvalue weighted by atomic mass is 10.1. The number of thiazole rings is 1. The molecule has 3 rings (SSSR count). The van der Waals surface area contributed by atoms with Crippen LogP contribution in [0.15, 0.2) is 41.3 Å². The Balaban J connectivity index is 1.86. The van der Waals surface area contributed by atoms with Crippen molar-refractivity contribution in [3.63, 3.8) is 0 Å². The monoisotopic (exact) mass is 533 g/mol. The van der Waals surface area contributed by atoms with Gasteiger partial charge in [0.1, 0.15) is 10.6 Å². The maximum atomic E-state index is 13.2. The molecule has 0 aliphatic rings. The van der Waals surface area contributed by atoms with Crippen molar-refractivity contribution in [1.82, 2.24) is 9.29 Å². The molecule has 0 bridgehead atoms. The Bertz CT molecular complexity index is 1330. The van der Waals surface area contributed by atoms with Gasteiger partial charge in [-0.1, -0.05) is 31.3 Å². The second kappa shape index (κ2) is 11.7. The van der Waals surface area contributed by atoms with Crippen LogP contribution in [0.3, 0.4) is 0 Å². The van der Waals surface area contributed by atoms with Gasteiger partial charge < -0.3 is 19.5 Å². The van der Waals surface area contributed by atoms with Crippen molar-refractivity contribution in [1.29, 1.82) is 0 Å². The maximum absolute atomic E-state index is 13.2. The van der Waals surface area contributed by atoms with E-state index in [1.807, 2.05) is 6.92 Å². The van der Waals surface area contributed by atoms with Crippen LogP contribution in [0.4, 0.5) is 5.13 Å². The molecule has 0 spiro atoms. The first kappa shape index (κ1) is 27.4. The lowest BCUT2D eigenvalue weighted by Gasteiger charge is -2.20. The van der Waals surface area contributed by atoms with Gasteiger partial charge >= 0.3 is 0 Å². The summed E-state index contributed by atoms with van der Waals surface area (Å²) in [7, 11) is 0.797. The smallest absolute Gasteiger partial charge is 0.246 e. The van der Waals surface area contributed by atoms with Crippen molar-refractivity contribution in [3.05, 3.63) is 47.7 Å². The van der Waals surface area contributed by atoms with E-state index in [4.69, 9.17) is 14.2 Å². The second-order valence-corrected chi connectivity index (χ2v) is 10.7. The molecule has 0 saturated heterocycles. The number of sulfonamides is 1.